The highest BCUT2D eigenvalue weighted by molar-refractivity contribution is 8.04. The SMILES string of the molecule is C1CCCC2SC3=C(CCCC3)C2CCC1. The van der Waals surface area contributed by atoms with Gasteiger partial charge < -0.3 is 0 Å². The Labute approximate surface area is 104 Å². The van der Waals surface area contributed by atoms with Crippen LogP contribution in [0.2, 0.25) is 0 Å². The maximum atomic E-state index is 2.29. The fourth-order valence-corrected chi connectivity index (χ4v) is 5.56. The van der Waals surface area contributed by atoms with E-state index in [0.717, 1.165) is 11.2 Å². The van der Waals surface area contributed by atoms with Crippen LogP contribution in [0.3, 0.4) is 0 Å². The second-order valence-electron chi connectivity index (χ2n) is 5.76. The summed E-state index contributed by atoms with van der Waals surface area (Å²) in [4.78, 5) is 1.84. The van der Waals surface area contributed by atoms with E-state index in [4.69, 9.17) is 0 Å². The molecule has 2 aliphatic carbocycles. The van der Waals surface area contributed by atoms with E-state index in [2.05, 4.69) is 11.8 Å². The maximum Gasteiger partial charge on any atom is 0.0157 e. The molecule has 0 spiro atoms. The molecule has 3 rings (SSSR count). The summed E-state index contributed by atoms with van der Waals surface area (Å²) in [7, 11) is 0. The van der Waals surface area contributed by atoms with Crippen LogP contribution in [0.1, 0.15) is 70.6 Å². The molecule has 0 aromatic carbocycles. The summed E-state index contributed by atoms with van der Waals surface area (Å²) in [5, 5.41) is 0.987. The van der Waals surface area contributed by atoms with Crippen LogP contribution >= 0.6 is 11.8 Å². The first-order chi connectivity index (χ1) is 7.95. The molecule has 0 amide bonds. The lowest BCUT2D eigenvalue weighted by molar-refractivity contribution is 0.480. The van der Waals surface area contributed by atoms with Crippen molar-refractivity contribution in [1.82, 2.24) is 0 Å². The smallest absolute Gasteiger partial charge is 0.0157 e. The molecule has 1 fully saturated rings. The first-order valence-corrected chi connectivity index (χ1v) is 8.22. The lowest BCUT2D eigenvalue weighted by atomic mass is 9.83. The lowest BCUT2D eigenvalue weighted by Gasteiger charge is -2.22. The van der Waals surface area contributed by atoms with Gasteiger partial charge in [0.05, 0.1) is 0 Å². The Morgan fingerprint density at radius 3 is 2.44 bits per heavy atom. The Morgan fingerprint density at radius 1 is 0.750 bits per heavy atom. The average Bonchev–Trinajstić information content (AvgIpc) is 2.69. The molecule has 2 unspecified atom stereocenters. The van der Waals surface area contributed by atoms with Crippen molar-refractivity contribution in [3.05, 3.63) is 10.5 Å². The van der Waals surface area contributed by atoms with E-state index in [1.807, 2.05) is 10.5 Å². The molecule has 0 radical (unpaired) electrons. The van der Waals surface area contributed by atoms with Crippen molar-refractivity contribution < 1.29 is 0 Å². The monoisotopic (exact) mass is 236 g/mol. The third-order valence-electron chi connectivity index (χ3n) is 4.65. The van der Waals surface area contributed by atoms with Gasteiger partial charge in [0.25, 0.3) is 0 Å². The summed E-state index contributed by atoms with van der Waals surface area (Å²) in [6.07, 6.45) is 16.3. The molecule has 0 aromatic heterocycles. The minimum absolute atomic E-state index is 0.987. The van der Waals surface area contributed by atoms with Crippen LogP contribution in [0.4, 0.5) is 0 Å². The van der Waals surface area contributed by atoms with E-state index >= 15 is 0 Å². The zero-order valence-electron chi connectivity index (χ0n) is 10.3. The topological polar surface area (TPSA) is 0 Å². The fourth-order valence-electron chi connectivity index (χ4n) is 3.78. The van der Waals surface area contributed by atoms with E-state index in [-0.39, 0.29) is 0 Å². The molecule has 0 saturated heterocycles. The molecule has 1 heteroatoms. The van der Waals surface area contributed by atoms with Gasteiger partial charge in [0.15, 0.2) is 0 Å². The van der Waals surface area contributed by atoms with Crippen molar-refractivity contribution in [2.45, 2.75) is 75.9 Å². The average molecular weight is 236 g/mol. The lowest BCUT2D eigenvalue weighted by Crippen LogP contribution is -2.15. The Balaban J connectivity index is 1.75. The minimum atomic E-state index is 0.987. The van der Waals surface area contributed by atoms with Crippen molar-refractivity contribution in [2.75, 3.05) is 0 Å². The fraction of sp³-hybridized carbons (Fsp3) is 0.867. The molecule has 1 aliphatic heterocycles. The van der Waals surface area contributed by atoms with Gasteiger partial charge in [-0.2, -0.15) is 0 Å². The first kappa shape index (κ1) is 11.2. The predicted octanol–water partition coefficient (Wildman–Crippen LogP) is 5.29. The largest absolute Gasteiger partial charge is 0.127 e. The van der Waals surface area contributed by atoms with E-state index in [1.54, 1.807) is 0 Å². The van der Waals surface area contributed by atoms with Gasteiger partial charge in [0, 0.05) is 5.25 Å². The number of fused-ring (bicyclic) bond motifs is 2. The molecular weight excluding hydrogens is 212 g/mol. The van der Waals surface area contributed by atoms with Gasteiger partial charge in [-0.05, 0) is 49.3 Å². The highest BCUT2D eigenvalue weighted by Gasteiger charge is 2.35. The zero-order valence-corrected chi connectivity index (χ0v) is 11.2. The van der Waals surface area contributed by atoms with E-state index < -0.39 is 0 Å². The summed E-state index contributed by atoms with van der Waals surface area (Å²) in [5.74, 6) is 0.999. The van der Waals surface area contributed by atoms with Gasteiger partial charge in [-0.25, -0.2) is 0 Å². The molecule has 3 aliphatic rings. The van der Waals surface area contributed by atoms with Crippen LogP contribution in [0.5, 0.6) is 0 Å². The molecule has 0 N–H and O–H groups in total. The molecule has 1 saturated carbocycles. The van der Waals surface area contributed by atoms with Crippen LogP contribution in [0.25, 0.3) is 0 Å². The number of hydrogen-bond donors (Lipinski definition) is 0. The maximum absolute atomic E-state index is 2.29. The Morgan fingerprint density at radius 2 is 1.50 bits per heavy atom. The molecule has 1 heterocycles. The zero-order chi connectivity index (χ0) is 10.8. The quantitative estimate of drug-likeness (QED) is 0.550. The Kier molecular flexibility index (Phi) is 3.61. The van der Waals surface area contributed by atoms with Gasteiger partial charge in [-0.1, -0.05) is 37.7 Å². The van der Waals surface area contributed by atoms with Gasteiger partial charge in [0.2, 0.25) is 0 Å². The minimum Gasteiger partial charge on any atom is -0.127 e. The summed E-state index contributed by atoms with van der Waals surface area (Å²) < 4.78 is 0. The van der Waals surface area contributed by atoms with Crippen molar-refractivity contribution in [1.29, 1.82) is 0 Å². The van der Waals surface area contributed by atoms with Crippen molar-refractivity contribution in [2.24, 2.45) is 5.92 Å². The van der Waals surface area contributed by atoms with Crippen molar-refractivity contribution >= 4 is 11.8 Å². The van der Waals surface area contributed by atoms with Gasteiger partial charge >= 0.3 is 0 Å². The van der Waals surface area contributed by atoms with Crippen molar-refractivity contribution in [3.8, 4) is 0 Å². The van der Waals surface area contributed by atoms with Crippen molar-refractivity contribution in [3.63, 3.8) is 0 Å². The summed E-state index contributed by atoms with van der Waals surface area (Å²) in [5.41, 5.74) is 1.92. The number of rotatable bonds is 0. The highest BCUT2D eigenvalue weighted by Crippen LogP contribution is 2.52. The molecule has 90 valence electrons. The van der Waals surface area contributed by atoms with Crippen LogP contribution < -0.4 is 0 Å². The Bertz CT molecular complexity index is 279. The molecule has 0 bridgehead atoms. The van der Waals surface area contributed by atoms with Crippen LogP contribution in [0.15, 0.2) is 10.5 Å². The normalized spacial score (nSPS) is 36.0. The molecular formula is C15H24S. The van der Waals surface area contributed by atoms with Crippen LogP contribution in [0, 0.1) is 5.92 Å². The molecule has 0 aromatic rings. The first-order valence-electron chi connectivity index (χ1n) is 7.34. The van der Waals surface area contributed by atoms with Crippen LogP contribution in [-0.2, 0) is 0 Å². The molecule has 0 nitrogen and oxygen atoms in total. The Hall–Kier alpha value is 0.0900. The molecule has 16 heavy (non-hydrogen) atoms. The van der Waals surface area contributed by atoms with Gasteiger partial charge in [-0.3, -0.25) is 0 Å². The summed E-state index contributed by atoms with van der Waals surface area (Å²) in [6, 6.07) is 0. The van der Waals surface area contributed by atoms with E-state index in [1.165, 1.54) is 70.6 Å². The second-order valence-corrected chi connectivity index (χ2v) is 7.10. The second kappa shape index (κ2) is 5.16. The number of thioether (sulfide) groups is 1. The molecule has 2 atom stereocenters. The summed E-state index contributed by atoms with van der Waals surface area (Å²) in [6.45, 7) is 0. The van der Waals surface area contributed by atoms with Gasteiger partial charge in [-0.15, -0.1) is 11.8 Å². The van der Waals surface area contributed by atoms with E-state index in [0.29, 0.717) is 0 Å². The van der Waals surface area contributed by atoms with Crippen LogP contribution in [-0.4, -0.2) is 5.25 Å². The highest BCUT2D eigenvalue weighted by atomic mass is 32.2. The van der Waals surface area contributed by atoms with Gasteiger partial charge in [0.1, 0.15) is 0 Å². The number of allylic oxidation sites excluding steroid dienone is 2. The number of hydrogen-bond acceptors (Lipinski definition) is 1. The summed E-state index contributed by atoms with van der Waals surface area (Å²) >= 11 is 2.29. The third kappa shape index (κ3) is 2.20. The predicted molar refractivity (Wildman–Crippen MR) is 72.7 cm³/mol. The standard InChI is InChI=1S/C15H24S/c1-2-4-8-12-13-9-6-7-11-15(13)16-14(12)10-5-3-1/h12,14H,1-11H2. The third-order valence-corrected chi connectivity index (χ3v) is 6.27. The van der Waals surface area contributed by atoms with E-state index in [9.17, 15) is 0 Å².